The second kappa shape index (κ2) is 8.94. The number of nitrogens with one attached hydrogen (secondary N) is 2. The third kappa shape index (κ3) is 4.36. The van der Waals surface area contributed by atoms with E-state index >= 15 is 0 Å². The van der Waals surface area contributed by atoms with E-state index in [-0.39, 0.29) is 24.1 Å². The van der Waals surface area contributed by atoms with Crippen molar-refractivity contribution in [2.45, 2.75) is 50.9 Å². The molecule has 2 aliphatic rings. The fourth-order valence-corrected chi connectivity index (χ4v) is 5.22. The number of piperidine rings is 1. The molecule has 3 heterocycles. The summed E-state index contributed by atoms with van der Waals surface area (Å²) < 4.78 is 12.8. The smallest absolute Gasteiger partial charge is 0.410 e. The number of benzene rings is 2. The number of rotatable bonds is 3. The van der Waals surface area contributed by atoms with Crippen LogP contribution in [0.4, 0.5) is 4.79 Å². The monoisotopic (exact) mass is 526 g/mol. The molecule has 1 spiro atoms. The molecule has 2 aliphatic heterocycles. The fourth-order valence-electron chi connectivity index (χ4n) is 4.84. The van der Waals surface area contributed by atoms with Gasteiger partial charge in [0, 0.05) is 47.8 Å². The van der Waals surface area contributed by atoms with E-state index in [0.717, 1.165) is 21.2 Å². The molecule has 0 aliphatic carbocycles. The summed E-state index contributed by atoms with van der Waals surface area (Å²) in [4.78, 5) is 27.4. The van der Waals surface area contributed by atoms with Crippen LogP contribution in [0.25, 0.3) is 10.9 Å². The molecule has 3 aromatic rings. The molecule has 0 radical (unpaired) electrons. The number of halogens is 1. The summed E-state index contributed by atoms with van der Waals surface area (Å²) in [6.45, 7) is 4.79. The van der Waals surface area contributed by atoms with Crippen molar-refractivity contribution in [2.75, 3.05) is 13.1 Å². The Morgan fingerprint density at radius 1 is 1.26 bits per heavy atom. The van der Waals surface area contributed by atoms with Crippen LogP contribution in [0.5, 0.6) is 5.75 Å². The highest BCUT2D eigenvalue weighted by Crippen LogP contribution is 2.45. The van der Waals surface area contributed by atoms with Crippen LogP contribution in [0.1, 0.15) is 55.1 Å². The van der Waals surface area contributed by atoms with E-state index < -0.39 is 5.60 Å². The average molecular weight is 527 g/mol. The number of para-hydroxylation sites is 1. The molecule has 2 aromatic carbocycles. The predicted molar refractivity (Wildman–Crippen MR) is 131 cm³/mol. The third-order valence-corrected chi connectivity index (χ3v) is 7.04. The van der Waals surface area contributed by atoms with E-state index in [1.165, 1.54) is 0 Å². The van der Waals surface area contributed by atoms with Crippen molar-refractivity contribution in [1.82, 2.24) is 20.4 Å². The van der Waals surface area contributed by atoms with E-state index in [1.807, 2.05) is 44.2 Å². The largest absolute Gasteiger partial charge is 0.487 e. The van der Waals surface area contributed by atoms with Crippen LogP contribution in [-0.2, 0) is 4.74 Å². The van der Waals surface area contributed by atoms with Gasteiger partial charge in [-0.2, -0.15) is 5.10 Å². The van der Waals surface area contributed by atoms with Crippen LogP contribution in [-0.4, -0.2) is 51.9 Å². The van der Waals surface area contributed by atoms with E-state index in [0.29, 0.717) is 43.4 Å². The number of aromatic nitrogens is 2. The summed E-state index contributed by atoms with van der Waals surface area (Å²) in [7, 11) is 0. The Kier molecular flexibility index (Phi) is 5.97. The molecule has 34 heavy (non-hydrogen) atoms. The van der Waals surface area contributed by atoms with Crippen molar-refractivity contribution in [3.8, 4) is 5.75 Å². The van der Waals surface area contributed by atoms with Gasteiger partial charge in [-0.05, 0) is 38.1 Å². The number of hydrogen-bond donors (Lipinski definition) is 2. The Balaban J connectivity index is 1.39. The van der Waals surface area contributed by atoms with Gasteiger partial charge in [-0.25, -0.2) is 4.79 Å². The number of carbonyl (C=O) groups excluding carboxylic acids is 2. The van der Waals surface area contributed by atoms with Crippen molar-refractivity contribution >= 4 is 38.8 Å². The standard InChI is InChI=1S/C25H27BrN4O4/c1-15(2)33-24(32)30-10-8-25(9-11-30)13-20(19-12-17(26)6-7-21(19)34-25)28-23(31)18-5-3-4-16-14-27-29-22(16)18/h3-7,12,14-15,20H,8-11,13H2,1-2H3,(H,27,29)(H,28,31)/t20-/m0/s1. The molecule has 0 saturated carbocycles. The molecular weight excluding hydrogens is 500 g/mol. The minimum absolute atomic E-state index is 0.154. The molecule has 1 aromatic heterocycles. The van der Waals surface area contributed by atoms with Gasteiger partial charge in [0.25, 0.3) is 5.91 Å². The molecule has 8 nitrogen and oxygen atoms in total. The molecule has 0 bridgehead atoms. The molecule has 1 fully saturated rings. The van der Waals surface area contributed by atoms with Crippen LogP contribution in [0.3, 0.4) is 0 Å². The summed E-state index contributed by atoms with van der Waals surface area (Å²) in [5.74, 6) is 0.596. The van der Waals surface area contributed by atoms with Gasteiger partial charge in [0.05, 0.1) is 29.4 Å². The molecule has 9 heteroatoms. The second-order valence-corrected chi connectivity index (χ2v) is 10.2. The Hall–Kier alpha value is -3.07. The van der Waals surface area contributed by atoms with Gasteiger partial charge >= 0.3 is 6.09 Å². The van der Waals surface area contributed by atoms with Gasteiger partial charge in [-0.15, -0.1) is 0 Å². The number of ether oxygens (including phenoxy) is 2. The first kappa shape index (κ1) is 22.7. The van der Waals surface area contributed by atoms with Crippen molar-refractivity contribution in [3.63, 3.8) is 0 Å². The summed E-state index contributed by atoms with van der Waals surface area (Å²) in [6, 6.07) is 11.2. The lowest BCUT2D eigenvalue weighted by molar-refractivity contribution is -0.0261. The van der Waals surface area contributed by atoms with Gasteiger partial charge in [-0.3, -0.25) is 9.89 Å². The minimum atomic E-state index is -0.465. The lowest BCUT2D eigenvalue weighted by Gasteiger charge is -2.46. The van der Waals surface area contributed by atoms with Gasteiger partial charge in [0.1, 0.15) is 11.4 Å². The van der Waals surface area contributed by atoms with Crippen molar-refractivity contribution in [2.24, 2.45) is 0 Å². The molecule has 5 rings (SSSR count). The highest BCUT2D eigenvalue weighted by atomic mass is 79.9. The molecule has 2 N–H and O–H groups in total. The first-order valence-electron chi connectivity index (χ1n) is 11.5. The zero-order chi connectivity index (χ0) is 23.9. The van der Waals surface area contributed by atoms with Crippen LogP contribution < -0.4 is 10.1 Å². The highest BCUT2D eigenvalue weighted by Gasteiger charge is 2.45. The van der Waals surface area contributed by atoms with Crippen molar-refractivity contribution in [3.05, 3.63) is 58.2 Å². The van der Waals surface area contributed by atoms with Gasteiger partial charge in [-0.1, -0.05) is 28.1 Å². The zero-order valence-corrected chi connectivity index (χ0v) is 20.7. The maximum Gasteiger partial charge on any atom is 0.410 e. The number of fused-ring (bicyclic) bond motifs is 2. The lowest BCUT2D eigenvalue weighted by atomic mass is 9.80. The molecule has 0 unspecified atom stereocenters. The first-order chi connectivity index (χ1) is 16.3. The third-order valence-electron chi connectivity index (χ3n) is 6.55. The summed E-state index contributed by atoms with van der Waals surface area (Å²) in [5.41, 5.74) is 1.74. The number of likely N-dealkylation sites (tertiary alicyclic amines) is 1. The Bertz CT molecular complexity index is 1230. The molecular formula is C25H27BrN4O4. The van der Waals surface area contributed by atoms with E-state index in [4.69, 9.17) is 9.47 Å². The molecule has 1 atom stereocenters. The van der Waals surface area contributed by atoms with Gasteiger partial charge in [0.15, 0.2) is 0 Å². The fraction of sp³-hybridized carbons (Fsp3) is 0.400. The van der Waals surface area contributed by atoms with E-state index in [2.05, 4.69) is 31.4 Å². The van der Waals surface area contributed by atoms with Crippen LogP contribution >= 0.6 is 15.9 Å². The Morgan fingerprint density at radius 3 is 2.82 bits per heavy atom. The maximum atomic E-state index is 13.4. The number of hydrogen-bond acceptors (Lipinski definition) is 5. The predicted octanol–water partition coefficient (Wildman–Crippen LogP) is 4.96. The summed E-state index contributed by atoms with van der Waals surface area (Å²) >= 11 is 3.55. The number of amides is 2. The highest BCUT2D eigenvalue weighted by molar-refractivity contribution is 9.10. The Labute approximate surface area is 206 Å². The maximum absolute atomic E-state index is 13.4. The van der Waals surface area contributed by atoms with Gasteiger partial charge in [0.2, 0.25) is 0 Å². The average Bonchev–Trinajstić information content (AvgIpc) is 3.28. The quantitative estimate of drug-likeness (QED) is 0.502. The molecule has 1 saturated heterocycles. The van der Waals surface area contributed by atoms with Crippen molar-refractivity contribution < 1.29 is 19.1 Å². The SMILES string of the molecule is CC(C)OC(=O)N1CCC2(CC1)C[C@H](NC(=O)c1cccc3cn[nH]c13)c1cc(Br)ccc1O2. The lowest BCUT2D eigenvalue weighted by Crippen LogP contribution is -2.53. The molecule has 2 amide bonds. The number of nitrogens with zero attached hydrogens (tertiary/aromatic N) is 2. The summed E-state index contributed by atoms with van der Waals surface area (Å²) in [6.07, 6.45) is 3.21. The number of carbonyl (C=O) groups is 2. The van der Waals surface area contributed by atoms with Crippen molar-refractivity contribution in [1.29, 1.82) is 0 Å². The zero-order valence-electron chi connectivity index (χ0n) is 19.1. The van der Waals surface area contributed by atoms with Gasteiger partial charge < -0.3 is 19.7 Å². The van der Waals surface area contributed by atoms with E-state index in [9.17, 15) is 9.59 Å². The first-order valence-corrected chi connectivity index (χ1v) is 12.3. The summed E-state index contributed by atoms with van der Waals surface area (Å²) in [5, 5.41) is 11.1. The Morgan fingerprint density at radius 2 is 2.06 bits per heavy atom. The second-order valence-electron chi connectivity index (χ2n) is 9.26. The van der Waals surface area contributed by atoms with Crippen LogP contribution in [0.2, 0.25) is 0 Å². The molecule has 178 valence electrons. The van der Waals surface area contributed by atoms with Crippen LogP contribution in [0.15, 0.2) is 47.1 Å². The van der Waals surface area contributed by atoms with E-state index in [1.54, 1.807) is 17.2 Å². The minimum Gasteiger partial charge on any atom is -0.487 e. The number of aromatic amines is 1. The normalized spacial score (nSPS) is 19.1. The number of H-pyrrole nitrogens is 1. The topological polar surface area (TPSA) is 96.5 Å². The van der Waals surface area contributed by atoms with Crippen LogP contribution in [0, 0.1) is 0 Å².